The van der Waals surface area contributed by atoms with Gasteiger partial charge in [0.15, 0.2) is 4.98 Å². The van der Waals surface area contributed by atoms with E-state index in [-0.39, 0.29) is 0 Å². The van der Waals surface area contributed by atoms with Gasteiger partial charge in [-0.15, -0.1) is 0 Å². The van der Waals surface area contributed by atoms with Gasteiger partial charge in [-0.2, -0.15) is 0 Å². The first-order chi connectivity index (χ1) is 8.60. The summed E-state index contributed by atoms with van der Waals surface area (Å²) in [4.78, 5) is 3.24. The largest absolute Gasteiger partial charge is 0.457 e. The predicted octanol–water partition coefficient (Wildman–Crippen LogP) is 4.89. The Kier molecular flexibility index (Phi) is 3.29. The van der Waals surface area contributed by atoms with Crippen molar-refractivity contribution >= 4 is 5.69 Å². The zero-order chi connectivity index (χ0) is 13.1. The highest BCUT2D eigenvalue weighted by Crippen LogP contribution is 2.31. The Balaban J connectivity index is 2.32. The fraction of sp³-hybridized carbons (Fsp3) is 0.200. The normalized spacial score (nSPS) is 9.89. The van der Waals surface area contributed by atoms with Crippen molar-refractivity contribution in [2.45, 2.75) is 20.8 Å². The summed E-state index contributed by atoms with van der Waals surface area (Å²) in [5, 5.41) is 8.84. The predicted molar refractivity (Wildman–Crippen MR) is 71.9 cm³/mol. The van der Waals surface area contributed by atoms with Gasteiger partial charge in [0.25, 0.3) is 0 Å². The van der Waals surface area contributed by atoms with Gasteiger partial charge in [0.2, 0.25) is 5.39 Å². The Hall–Kier alpha value is -2.34. The molecule has 0 atom stereocenters. The summed E-state index contributed by atoms with van der Waals surface area (Å²) >= 11 is 0. The van der Waals surface area contributed by atoms with Crippen LogP contribution < -0.4 is 4.74 Å². The molecule has 0 aliphatic rings. The number of rotatable bonds is 2. The number of aryl methyl sites for hydroxylation is 3. The van der Waals surface area contributed by atoms with Gasteiger partial charge in [0.1, 0.15) is 11.5 Å². The van der Waals surface area contributed by atoms with E-state index in [4.69, 9.17) is 10.1 Å². The van der Waals surface area contributed by atoms with Crippen LogP contribution in [0.5, 0.6) is 11.5 Å². The lowest BCUT2D eigenvalue weighted by molar-refractivity contribution is 0.478. The van der Waals surface area contributed by atoms with Crippen molar-refractivity contribution in [3.63, 3.8) is 0 Å². The maximum Gasteiger partial charge on any atom is 0.388 e. The highest BCUT2D eigenvalue weighted by atomic mass is 16.5. The lowest BCUT2D eigenvalue weighted by atomic mass is 10.1. The molecule has 90 valence electrons. The van der Waals surface area contributed by atoms with Gasteiger partial charge in [0, 0.05) is 11.6 Å². The molecule has 2 aromatic carbocycles. The van der Waals surface area contributed by atoms with Crippen LogP contribution in [0.4, 0.5) is 5.69 Å². The second-order valence-corrected chi connectivity index (χ2v) is 4.42. The minimum atomic E-state index is 0.573. The summed E-state index contributed by atoms with van der Waals surface area (Å²) in [5.41, 5.74) is 3.59. The maximum atomic E-state index is 8.84. The number of hydrogen-bond acceptors (Lipinski definition) is 2. The Labute approximate surface area is 107 Å². The second-order valence-electron chi connectivity index (χ2n) is 4.42. The number of benzene rings is 2. The van der Waals surface area contributed by atoms with E-state index in [1.54, 1.807) is 6.07 Å². The highest BCUT2D eigenvalue weighted by molar-refractivity contribution is 5.57. The molecule has 3 nitrogen and oxygen atoms in total. The zero-order valence-electron chi connectivity index (χ0n) is 10.8. The third kappa shape index (κ3) is 2.49. The second kappa shape index (κ2) is 4.89. The summed E-state index contributed by atoms with van der Waals surface area (Å²) in [6.07, 6.45) is 0. The smallest absolute Gasteiger partial charge is 0.388 e. The summed E-state index contributed by atoms with van der Waals surface area (Å²) in [6.45, 7) is 5.85. The van der Waals surface area contributed by atoms with Crippen molar-refractivity contribution in [3.05, 3.63) is 58.1 Å². The van der Waals surface area contributed by atoms with Crippen LogP contribution >= 0.6 is 0 Å². The standard InChI is InChI=1S/C15H15N2O/c1-10-4-6-13(7-5-10)18-15-9-11(2)14(17-16)8-12(15)3/h4-9H,1-3H3/q+1. The first kappa shape index (κ1) is 12.1. The highest BCUT2D eigenvalue weighted by Gasteiger charge is 2.14. The van der Waals surface area contributed by atoms with Crippen molar-refractivity contribution in [2.75, 3.05) is 0 Å². The van der Waals surface area contributed by atoms with E-state index in [0.29, 0.717) is 5.69 Å². The van der Waals surface area contributed by atoms with Crippen molar-refractivity contribution in [1.29, 1.82) is 5.39 Å². The molecule has 0 unspecified atom stereocenters. The summed E-state index contributed by atoms with van der Waals surface area (Å²) in [6, 6.07) is 11.6. The van der Waals surface area contributed by atoms with Crippen molar-refractivity contribution in [3.8, 4) is 11.5 Å². The Morgan fingerprint density at radius 2 is 1.61 bits per heavy atom. The lowest BCUT2D eigenvalue weighted by Gasteiger charge is -2.08. The molecule has 0 N–H and O–H groups in total. The fourth-order valence-electron chi connectivity index (χ4n) is 1.73. The van der Waals surface area contributed by atoms with E-state index in [0.717, 1.165) is 22.6 Å². The molecule has 0 aromatic heterocycles. The number of nitrogens with zero attached hydrogens (tertiary/aromatic N) is 2. The van der Waals surface area contributed by atoms with Crippen molar-refractivity contribution in [2.24, 2.45) is 0 Å². The molecule has 0 heterocycles. The minimum Gasteiger partial charge on any atom is -0.457 e. The third-order valence-electron chi connectivity index (χ3n) is 2.85. The number of ether oxygens (including phenoxy) is 1. The molecule has 18 heavy (non-hydrogen) atoms. The van der Waals surface area contributed by atoms with E-state index < -0.39 is 0 Å². The summed E-state index contributed by atoms with van der Waals surface area (Å²) < 4.78 is 5.82. The van der Waals surface area contributed by atoms with Crippen LogP contribution in [0.1, 0.15) is 16.7 Å². The first-order valence-corrected chi connectivity index (χ1v) is 5.81. The van der Waals surface area contributed by atoms with Gasteiger partial charge in [-0.1, -0.05) is 17.7 Å². The Bertz CT molecular complexity index is 610. The van der Waals surface area contributed by atoms with E-state index in [2.05, 4.69) is 4.98 Å². The first-order valence-electron chi connectivity index (χ1n) is 5.81. The molecule has 0 radical (unpaired) electrons. The molecule has 0 fully saturated rings. The van der Waals surface area contributed by atoms with E-state index in [1.807, 2.05) is 51.1 Å². The molecular weight excluding hydrogens is 224 g/mol. The third-order valence-corrected chi connectivity index (χ3v) is 2.85. The molecule has 0 aliphatic heterocycles. The van der Waals surface area contributed by atoms with Crippen LogP contribution in [0.15, 0.2) is 36.4 Å². The number of diazo groups is 1. The van der Waals surface area contributed by atoms with Gasteiger partial charge in [-0.05, 0) is 44.5 Å². The average molecular weight is 239 g/mol. The molecule has 2 aromatic rings. The van der Waals surface area contributed by atoms with Gasteiger partial charge in [0.05, 0.1) is 0 Å². The molecular formula is C15H15N2O+. The van der Waals surface area contributed by atoms with Gasteiger partial charge >= 0.3 is 5.69 Å². The van der Waals surface area contributed by atoms with Crippen LogP contribution in [-0.2, 0) is 0 Å². The summed E-state index contributed by atoms with van der Waals surface area (Å²) in [7, 11) is 0. The topological polar surface area (TPSA) is 37.4 Å². The molecule has 0 amide bonds. The molecule has 0 bridgehead atoms. The van der Waals surface area contributed by atoms with Crippen LogP contribution in [0.25, 0.3) is 4.98 Å². The van der Waals surface area contributed by atoms with Gasteiger partial charge in [-0.3, -0.25) is 0 Å². The fourth-order valence-corrected chi connectivity index (χ4v) is 1.73. The lowest BCUT2D eigenvalue weighted by Crippen LogP contribution is -1.89. The van der Waals surface area contributed by atoms with Crippen LogP contribution in [0.2, 0.25) is 0 Å². The van der Waals surface area contributed by atoms with E-state index in [1.165, 1.54) is 5.56 Å². The molecule has 2 rings (SSSR count). The summed E-state index contributed by atoms with van der Waals surface area (Å²) in [5.74, 6) is 1.58. The Morgan fingerprint density at radius 3 is 2.22 bits per heavy atom. The Morgan fingerprint density at radius 1 is 0.944 bits per heavy atom. The molecule has 0 saturated heterocycles. The average Bonchev–Trinajstić information content (AvgIpc) is 2.36. The monoisotopic (exact) mass is 239 g/mol. The number of hydrogen-bond donors (Lipinski definition) is 0. The van der Waals surface area contributed by atoms with E-state index >= 15 is 0 Å². The molecule has 3 heteroatoms. The van der Waals surface area contributed by atoms with Crippen molar-refractivity contribution in [1.82, 2.24) is 0 Å². The SMILES string of the molecule is Cc1ccc(Oc2cc(C)c([N+]#N)cc2C)cc1. The van der Waals surface area contributed by atoms with Gasteiger partial charge in [-0.25, -0.2) is 0 Å². The van der Waals surface area contributed by atoms with Crippen LogP contribution in [0, 0.1) is 26.2 Å². The zero-order valence-corrected chi connectivity index (χ0v) is 10.8. The van der Waals surface area contributed by atoms with Gasteiger partial charge < -0.3 is 4.74 Å². The molecule has 0 saturated carbocycles. The van der Waals surface area contributed by atoms with E-state index in [9.17, 15) is 0 Å². The maximum absolute atomic E-state index is 8.84. The van der Waals surface area contributed by atoms with Crippen LogP contribution in [-0.4, -0.2) is 0 Å². The van der Waals surface area contributed by atoms with Crippen LogP contribution in [0.3, 0.4) is 0 Å². The molecule has 0 aliphatic carbocycles. The van der Waals surface area contributed by atoms with Crippen molar-refractivity contribution < 1.29 is 4.74 Å². The minimum absolute atomic E-state index is 0.573. The quantitative estimate of drug-likeness (QED) is 0.700. The molecule has 0 spiro atoms.